The average Bonchev–Trinajstić information content (AvgIpc) is 3.12. The molecule has 5 nitrogen and oxygen atoms in total. The lowest BCUT2D eigenvalue weighted by Crippen LogP contribution is -2.54. The molecule has 126 valence electrons. The van der Waals surface area contributed by atoms with Crippen LogP contribution in [0.2, 0.25) is 0 Å². The number of amides is 1. The lowest BCUT2D eigenvalue weighted by Gasteiger charge is -2.46. The van der Waals surface area contributed by atoms with Crippen LogP contribution < -0.4 is 0 Å². The maximum absolute atomic E-state index is 12.2. The summed E-state index contributed by atoms with van der Waals surface area (Å²) in [6.45, 7) is 6.40. The van der Waals surface area contributed by atoms with Crippen LogP contribution in [0.5, 0.6) is 0 Å². The van der Waals surface area contributed by atoms with Gasteiger partial charge in [-0.2, -0.15) is 0 Å². The van der Waals surface area contributed by atoms with E-state index in [1.807, 2.05) is 4.90 Å². The van der Waals surface area contributed by atoms with Crippen LogP contribution >= 0.6 is 0 Å². The van der Waals surface area contributed by atoms with E-state index in [-0.39, 0.29) is 11.3 Å². The van der Waals surface area contributed by atoms with Gasteiger partial charge in [0.2, 0.25) is 5.91 Å². The van der Waals surface area contributed by atoms with Gasteiger partial charge in [0.05, 0.1) is 5.75 Å². The van der Waals surface area contributed by atoms with E-state index < -0.39 is 9.84 Å². The minimum absolute atomic E-state index is 0.0230. The molecule has 3 fully saturated rings. The zero-order chi connectivity index (χ0) is 16.0. The van der Waals surface area contributed by atoms with Crippen molar-refractivity contribution in [1.82, 2.24) is 9.80 Å². The molecule has 0 bridgehead atoms. The molecule has 0 N–H and O–H groups in total. The molecule has 1 aliphatic heterocycles. The van der Waals surface area contributed by atoms with Crippen molar-refractivity contribution >= 4 is 15.7 Å². The number of nitrogens with zero attached hydrogens (tertiary/aromatic N) is 2. The number of rotatable bonds is 5. The maximum Gasteiger partial charge on any atom is 0.226 e. The Morgan fingerprint density at radius 3 is 2.18 bits per heavy atom. The largest absolute Gasteiger partial charge is 0.340 e. The molecule has 2 aliphatic carbocycles. The van der Waals surface area contributed by atoms with E-state index in [1.54, 1.807) is 0 Å². The molecule has 0 aromatic carbocycles. The first-order chi connectivity index (χ1) is 10.3. The highest BCUT2D eigenvalue weighted by Gasteiger charge is 2.44. The third-order valence-electron chi connectivity index (χ3n) is 5.65. The minimum atomic E-state index is -2.92. The van der Waals surface area contributed by atoms with Gasteiger partial charge in [0.1, 0.15) is 9.84 Å². The van der Waals surface area contributed by atoms with E-state index in [1.165, 1.54) is 6.26 Å². The van der Waals surface area contributed by atoms with Crippen molar-refractivity contribution in [3.63, 3.8) is 0 Å². The molecule has 6 heteroatoms. The van der Waals surface area contributed by atoms with E-state index in [2.05, 4.69) is 11.8 Å². The summed E-state index contributed by atoms with van der Waals surface area (Å²) in [5.41, 5.74) is -0.0230. The first kappa shape index (κ1) is 16.2. The molecule has 0 radical (unpaired) electrons. The second-order valence-electron chi connectivity index (χ2n) is 7.84. The SMILES string of the molecule is C[C@@H]1C[C@H]1C(=O)N1CCN(CC2(CS(C)(=O)=O)CCC2)CC1. The van der Waals surface area contributed by atoms with Crippen molar-refractivity contribution in [3.8, 4) is 0 Å². The predicted octanol–water partition coefficient (Wildman–Crippen LogP) is 1.00. The molecule has 22 heavy (non-hydrogen) atoms. The van der Waals surface area contributed by atoms with E-state index >= 15 is 0 Å². The molecule has 1 heterocycles. The standard InChI is InChI=1S/C16H28N2O3S/c1-13-10-14(13)15(19)18-8-6-17(7-9-18)11-16(4-3-5-16)12-22(2,20)21/h13-14H,3-12H2,1-2H3/t13-,14-/m1/s1. The summed E-state index contributed by atoms with van der Waals surface area (Å²) < 4.78 is 23.3. The summed E-state index contributed by atoms with van der Waals surface area (Å²) in [5, 5.41) is 0. The van der Waals surface area contributed by atoms with Gasteiger partial charge in [-0.1, -0.05) is 13.3 Å². The van der Waals surface area contributed by atoms with Crippen LogP contribution in [0.25, 0.3) is 0 Å². The number of carbonyl (C=O) groups is 1. The molecule has 2 saturated carbocycles. The van der Waals surface area contributed by atoms with Crippen molar-refractivity contribution < 1.29 is 13.2 Å². The molecular formula is C16H28N2O3S. The summed E-state index contributed by atoms with van der Waals surface area (Å²) in [6, 6.07) is 0. The van der Waals surface area contributed by atoms with Gasteiger partial charge in [-0.25, -0.2) is 8.42 Å². The van der Waals surface area contributed by atoms with Crippen LogP contribution in [0.1, 0.15) is 32.6 Å². The van der Waals surface area contributed by atoms with Gasteiger partial charge in [0.25, 0.3) is 0 Å². The third-order valence-corrected chi connectivity index (χ3v) is 6.79. The van der Waals surface area contributed by atoms with Crippen molar-refractivity contribution in [2.75, 3.05) is 44.7 Å². The Morgan fingerprint density at radius 2 is 1.77 bits per heavy atom. The summed E-state index contributed by atoms with van der Waals surface area (Å²) in [5.74, 6) is 1.49. The molecule has 1 saturated heterocycles. The Kier molecular flexibility index (Phi) is 4.27. The Morgan fingerprint density at radius 1 is 1.18 bits per heavy atom. The van der Waals surface area contributed by atoms with Crippen molar-refractivity contribution in [1.29, 1.82) is 0 Å². The zero-order valence-corrected chi connectivity index (χ0v) is 14.6. The van der Waals surface area contributed by atoms with Crippen molar-refractivity contribution in [2.24, 2.45) is 17.3 Å². The van der Waals surface area contributed by atoms with Gasteiger partial charge in [-0.3, -0.25) is 9.69 Å². The number of sulfone groups is 1. The lowest BCUT2D eigenvalue weighted by molar-refractivity contribution is -0.134. The molecule has 2 atom stereocenters. The number of piperazine rings is 1. The van der Waals surface area contributed by atoms with E-state index in [0.717, 1.165) is 58.4 Å². The minimum Gasteiger partial charge on any atom is -0.340 e. The van der Waals surface area contributed by atoms with Gasteiger partial charge in [0, 0.05) is 44.9 Å². The third kappa shape index (κ3) is 3.65. The zero-order valence-electron chi connectivity index (χ0n) is 13.8. The topological polar surface area (TPSA) is 57.7 Å². The highest BCUT2D eigenvalue weighted by atomic mass is 32.2. The molecule has 3 aliphatic rings. The van der Waals surface area contributed by atoms with E-state index in [4.69, 9.17) is 0 Å². The first-order valence-corrected chi connectivity index (χ1v) is 10.5. The Balaban J connectivity index is 1.50. The maximum atomic E-state index is 12.2. The van der Waals surface area contributed by atoms with Crippen LogP contribution in [-0.4, -0.2) is 68.9 Å². The Bertz CT molecular complexity index is 534. The van der Waals surface area contributed by atoms with Gasteiger partial charge in [-0.15, -0.1) is 0 Å². The number of hydrogen-bond donors (Lipinski definition) is 0. The van der Waals surface area contributed by atoms with Gasteiger partial charge < -0.3 is 4.90 Å². The fourth-order valence-electron chi connectivity index (χ4n) is 4.08. The van der Waals surface area contributed by atoms with Crippen LogP contribution in [0.15, 0.2) is 0 Å². The molecule has 0 unspecified atom stereocenters. The smallest absolute Gasteiger partial charge is 0.226 e. The second-order valence-corrected chi connectivity index (χ2v) is 9.98. The predicted molar refractivity (Wildman–Crippen MR) is 86.3 cm³/mol. The fourth-order valence-corrected chi connectivity index (χ4v) is 5.57. The normalized spacial score (nSPS) is 31.6. The molecule has 0 aromatic rings. The fraction of sp³-hybridized carbons (Fsp3) is 0.938. The molecule has 0 aromatic heterocycles. The number of hydrogen-bond acceptors (Lipinski definition) is 4. The molecular weight excluding hydrogens is 300 g/mol. The van der Waals surface area contributed by atoms with Gasteiger partial charge in [0.15, 0.2) is 0 Å². The summed E-state index contributed by atoms with van der Waals surface area (Å²) in [4.78, 5) is 16.6. The van der Waals surface area contributed by atoms with E-state index in [0.29, 0.717) is 17.6 Å². The Labute approximate surface area is 134 Å². The highest BCUT2D eigenvalue weighted by Crippen LogP contribution is 2.43. The van der Waals surface area contributed by atoms with E-state index in [9.17, 15) is 13.2 Å². The Hall–Kier alpha value is -0.620. The van der Waals surface area contributed by atoms with Crippen molar-refractivity contribution in [3.05, 3.63) is 0 Å². The second kappa shape index (κ2) is 5.78. The monoisotopic (exact) mass is 328 g/mol. The van der Waals surface area contributed by atoms with Crippen LogP contribution in [0, 0.1) is 17.3 Å². The quantitative estimate of drug-likeness (QED) is 0.755. The van der Waals surface area contributed by atoms with Gasteiger partial charge in [-0.05, 0) is 30.6 Å². The highest BCUT2D eigenvalue weighted by molar-refractivity contribution is 7.90. The first-order valence-electron chi connectivity index (χ1n) is 8.47. The van der Waals surface area contributed by atoms with Crippen LogP contribution in [0.4, 0.5) is 0 Å². The van der Waals surface area contributed by atoms with Gasteiger partial charge >= 0.3 is 0 Å². The molecule has 0 spiro atoms. The summed E-state index contributed by atoms with van der Waals surface area (Å²) >= 11 is 0. The summed E-state index contributed by atoms with van der Waals surface area (Å²) in [7, 11) is -2.92. The average molecular weight is 328 g/mol. The van der Waals surface area contributed by atoms with Crippen LogP contribution in [0.3, 0.4) is 0 Å². The number of carbonyl (C=O) groups excluding carboxylic acids is 1. The lowest BCUT2D eigenvalue weighted by atomic mass is 9.70. The molecule has 1 amide bonds. The molecule has 3 rings (SSSR count). The summed E-state index contributed by atoms with van der Waals surface area (Å²) in [6.07, 6.45) is 5.60. The van der Waals surface area contributed by atoms with Crippen molar-refractivity contribution in [2.45, 2.75) is 32.6 Å². The van der Waals surface area contributed by atoms with Crippen LogP contribution in [-0.2, 0) is 14.6 Å².